The molecule has 0 aromatic carbocycles. The summed E-state index contributed by atoms with van der Waals surface area (Å²) in [6.45, 7) is 6.73. The minimum Gasteiger partial charge on any atom is -0.378 e. The fourth-order valence-corrected chi connectivity index (χ4v) is 2.37. The van der Waals surface area contributed by atoms with E-state index in [4.69, 9.17) is 4.74 Å². The summed E-state index contributed by atoms with van der Waals surface area (Å²) in [5.74, 6) is 0.133. The van der Waals surface area contributed by atoms with Gasteiger partial charge in [-0.15, -0.1) is 0 Å². The first kappa shape index (κ1) is 12.4. The second-order valence-corrected chi connectivity index (χ2v) is 5.29. The van der Waals surface area contributed by atoms with E-state index >= 15 is 0 Å². The van der Waals surface area contributed by atoms with Crippen molar-refractivity contribution >= 4 is 11.8 Å². The number of carbonyl (C=O) groups excluding carboxylic acids is 2. The van der Waals surface area contributed by atoms with E-state index in [-0.39, 0.29) is 23.9 Å². The van der Waals surface area contributed by atoms with E-state index in [1.165, 1.54) is 0 Å². The van der Waals surface area contributed by atoms with Crippen LogP contribution in [0.1, 0.15) is 26.7 Å². The topological polar surface area (TPSA) is 49.9 Å². The molecule has 0 aliphatic carbocycles. The molecule has 0 unspecified atom stereocenters. The Morgan fingerprint density at radius 1 is 1.35 bits per heavy atom. The Hall–Kier alpha value is -1.10. The molecule has 96 valence electrons. The summed E-state index contributed by atoms with van der Waals surface area (Å²) in [5, 5.41) is 0. The molecule has 5 nitrogen and oxygen atoms in total. The molecular formula is C12H20N2O3. The Morgan fingerprint density at radius 2 is 2.00 bits per heavy atom. The van der Waals surface area contributed by atoms with Gasteiger partial charge in [-0.1, -0.05) is 0 Å². The molecule has 0 spiro atoms. The molecule has 0 bridgehead atoms. The third kappa shape index (κ3) is 2.60. The van der Waals surface area contributed by atoms with Crippen LogP contribution in [-0.2, 0) is 14.3 Å². The maximum atomic E-state index is 12.1. The van der Waals surface area contributed by atoms with Gasteiger partial charge in [0.1, 0.15) is 6.54 Å². The van der Waals surface area contributed by atoms with Crippen molar-refractivity contribution in [1.29, 1.82) is 0 Å². The number of carbonyl (C=O) groups is 2. The molecule has 0 aromatic rings. The first-order valence-corrected chi connectivity index (χ1v) is 6.17. The number of amides is 2. The van der Waals surface area contributed by atoms with Crippen molar-refractivity contribution < 1.29 is 14.3 Å². The lowest BCUT2D eigenvalue weighted by molar-refractivity contribution is -0.143. The highest BCUT2D eigenvalue weighted by Gasteiger charge is 2.39. The van der Waals surface area contributed by atoms with Gasteiger partial charge < -0.3 is 14.5 Å². The van der Waals surface area contributed by atoms with Gasteiger partial charge in [0.25, 0.3) is 0 Å². The molecule has 0 aromatic heterocycles. The lowest BCUT2D eigenvalue weighted by atomic mass is 10.0. The highest BCUT2D eigenvalue weighted by Crippen LogP contribution is 2.28. The van der Waals surface area contributed by atoms with Crippen LogP contribution < -0.4 is 0 Å². The Labute approximate surface area is 102 Å². The lowest BCUT2D eigenvalue weighted by Crippen LogP contribution is -2.50. The fraction of sp³-hybridized carbons (Fsp3) is 0.833. The van der Waals surface area contributed by atoms with E-state index in [2.05, 4.69) is 0 Å². The van der Waals surface area contributed by atoms with Gasteiger partial charge in [0.2, 0.25) is 11.8 Å². The second kappa shape index (κ2) is 4.64. The van der Waals surface area contributed by atoms with Crippen molar-refractivity contribution in [3.8, 4) is 0 Å². The zero-order valence-electron chi connectivity index (χ0n) is 10.6. The minimum absolute atomic E-state index is 0.0385. The molecule has 2 saturated heterocycles. The molecule has 2 fully saturated rings. The normalized spacial score (nSPS) is 24.2. The number of likely N-dealkylation sites (tertiary alicyclic amines) is 1. The van der Waals surface area contributed by atoms with Gasteiger partial charge >= 0.3 is 0 Å². The maximum absolute atomic E-state index is 12.1. The van der Waals surface area contributed by atoms with Gasteiger partial charge in [0.05, 0.1) is 13.2 Å². The van der Waals surface area contributed by atoms with Gasteiger partial charge in [-0.05, 0) is 20.3 Å². The van der Waals surface area contributed by atoms with Crippen LogP contribution in [0.5, 0.6) is 0 Å². The predicted octanol–water partition coefficient (Wildman–Crippen LogP) is 0.246. The smallest absolute Gasteiger partial charge is 0.242 e. The molecule has 2 rings (SSSR count). The van der Waals surface area contributed by atoms with Crippen LogP contribution in [0.15, 0.2) is 0 Å². The van der Waals surface area contributed by atoms with Crippen LogP contribution in [0, 0.1) is 0 Å². The molecule has 0 radical (unpaired) electrons. The van der Waals surface area contributed by atoms with Crippen molar-refractivity contribution in [1.82, 2.24) is 9.80 Å². The fourth-order valence-electron chi connectivity index (χ4n) is 2.37. The Morgan fingerprint density at radius 3 is 2.53 bits per heavy atom. The molecule has 2 heterocycles. The van der Waals surface area contributed by atoms with E-state index < -0.39 is 0 Å². The SMILES string of the molecule is CC1(C)CCC(=O)N1CC(=O)N1CCOCC1. The Bertz CT molecular complexity index is 322. The summed E-state index contributed by atoms with van der Waals surface area (Å²) in [5.41, 5.74) is -0.182. The Kier molecular flexibility index (Phi) is 3.38. The number of rotatable bonds is 2. The number of morpholine rings is 1. The van der Waals surface area contributed by atoms with E-state index in [0.29, 0.717) is 32.7 Å². The minimum atomic E-state index is -0.182. The van der Waals surface area contributed by atoms with Crippen molar-refractivity contribution in [2.75, 3.05) is 32.8 Å². The zero-order valence-corrected chi connectivity index (χ0v) is 10.6. The molecule has 5 heteroatoms. The quantitative estimate of drug-likeness (QED) is 0.695. The number of hydrogen-bond acceptors (Lipinski definition) is 3. The van der Waals surface area contributed by atoms with Crippen LogP contribution in [0.3, 0.4) is 0 Å². The standard InChI is InChI=1S/C12H20N2O3/c1-12(2)4-3-10(15)14(12)9-11(16)13-5-7-17-8-6-13/h3-9H2,1-2H3. The van der Waals surface area contributed by atoms with Gasteiger partial charge in [-0.25, -0.2) is 0 Å². The monoisotopic (exact) mass is 240 g/mol. The van der Waals surface area contributed by atoms with Gasteiger partial charge in [-0.2, -0.15) is 0 Å². The summed E-state index contributed by atoms with van der Waals surface area (Å²) < 4.78 is 5.21. The number of ether oxygens (including phenoxy) is 1. The molecule has 17 heavy (non-hydrogen) atoms. The average molecular weight is 240 g/mol. The van der Waals surface area contributed by atoms with Gasteiger partial charge in [-0.3, -0.25) is 9.59 Å². The lowest BCUT2D eigenvalue weighted by Gasteiger charge is -2.34. The maximum Gasteiger partial charge on any atom is 0.242 e. The molecule has 0 N–H and O–H groups in total. The Balaban J connectivity index is 1.95. The first-order chi connectivity index (χ1) is 8.00. The largest absolute Gasteiger partial charge is 0.378 e. The van der Waals surface area contributed by atoms with E-state index in [9.17, 15) is 9.59 Å². The molecule has 0 atom stereocenters. The summed E-state index contributed by atoms with van der Waals surface area (Å²) in [4.78, 5) is 27.3. The van der Waals surface area contributed by atoms with E-state index in [0.717, 1.165) is 6.42 Å². The van der Waals surface area contributed by atoms with Crippen molar-refractivity contribution in [3.63, 3.8) is 0 Å². The van der Waals surface area contributed by atoms with Crippen molar-refractivity contribution in [2.24, 2.45) is 0 Å². The molecule has 2 amide bonds. The van der Waals surface area contributed by atoms with Gasteiger partial charge in [0.15, 0.2) is 0 Å². The van der Waals surface area contributed by atoms with Crippen molar-refractivity contribution in [2.45, 2.75) is 32.2 Å². The molecule has 2 aliphatic rings. The number of nitrogens with zero attached hydrogens (tertiary/aromatic N) is 2. The summed E-state index contributed by atoms with van der Waals surface area (Å²) in [6, 6.07) is 0. The molecular weight excluding hydrogens is 220 g/mol. The predicted molar refractivity (Wildman–Crippen MR) is 62.4 cm³/mol. The molecule has 2 aliphatic heterocycles. The third-order valence-corrected chi connectivity index (χ3v) is 3.64. The zero-order chi connectivity index (χ0) is 12.5. The first-order valence-electron chi connectivity index (χ1n) is 6.17. The second-order valence-electron chi connectivity index (χ2n) is 5.29. The third-order valence-electron chi connectivity index (χ3n) is 3.64. The van der Waals surface area contributed by atoms with Crippen LogP contribution in [0.25, 0.3) is 0 Å². The van der Waals surface area contributed by atoms with Crippen LogP contribution in [-0.4, -0.2) is 60.0 Å². The van der Waals surface area contributed by atoms with Crippen LogP contribution in [0.2, 0.25) is 0 Å². The summed E-state index contributed by atoms with van der Waals surface area (Å²) in [7, 11) is 0. The van der Waals surface area contributed by atoms with Gasteiger partial charge in [0, 0.05) is 25.0 Å². The van der Waals surface area contributed by atoms with E-state index in [1.807, 2.05) is 13.8 Å². The number of hydrogen-bond donors (Lipinski definition) is 0. The van der Waals surface area contributed by atoms with Crippen molar-refractivity contribution in [3.05, 3.63) is 0 Å². The highest BCUT2D eigenvalue weighted by molar-refractivity contribution is 5.86. The highest BCUT2D eigenvalue weighted by atomic mass is 16.5. The summed E-state index contributed by atoms with van der Waals surface area (Å²) in [6.07, 6.45) is 1.39. The van der Waals surface area contributed by atoms with Crippen LogP contribution in [0.4, 0.5) is 0 Å². The molecule has 0 saturated carbocycles. The van der Waals surface area contributed by atoms with Crippen LogP contribution >= 0.6 is 0 Å². The summed E-state index contributed by atoms with van der Waals surface area (Å²) >= 11 is 0. The van der Waals surface area contributed by atoms with E-state index in [1.54, 1.807) is 9.80 Å². The average Bonchev–Trinajstić information content (AvgIpc) is 2.57.